The first-order chi connectivity index (χ1) is 6.07. The van der Waals surface area contributed by atoms with E-state index in [9.17, 15) is 9.59 Å². The normalized spacial score (nSPS) is 10.7. The van der Waals surface area contributed by atoms with Gasteiger partial charge in [0.1, 0.15) is 0 Å². The molecule has 0 atom stereocenters. The van der Waals surface area contributed by atoms with Gasteiger partial charge in [-0.05, 0) is 13.3 Å². The van der Waals surface area contributed by atoms with E-state index in [4.69, 9.17) is 5.11 Å². The van der Waals surface area contributed by atoms with Crippen LogP contribution in [0.15, 0.2) is 24.4 Å². The summed E-state index contributed by atoms with van der Waals surface area (Å²) in [5, 5.41) is 10.8. The Morgan fingerprint density at radius 3 is 2.62 bits per heavy atom. The highest BCUT2D eigenvalue weighted by Gasteiger charge is 2.00. The minimum Gasteiger partial charge on any atom is -0.478 e. The first kappa shape index (κ1) is 11.4. The zero-order chi connectivity index (χ0) is 10.3. The molecule has 0 unspecified atom stereocenters. The molecule has 72 valence electrons. The second kappa shape index (κ2) is 5.99. The monoisotopic (exact) mass is 183 g/mol. The van der Waals surface area contributed by atoms with Crippen molar-refractivity contribution in [2.45, 2.75) is 19.8 Å². The molecule has 0 aliphatic rings. The Balaban J connectivity index is 3.87. The summed E-state index contributed by atoms with van der Waals surface area (Å²) in [5.41, 5.74) is 0.104. The third-order valence-corrected chi connectivity index (χ3v) is 1.36. The van der Waals surface area contributed by atoms with Gasteiger partial charge in [0.15, 0.2) is 0 Å². The third-order valence-electron chi connectivity index (χ3n) is 1.36. The molecule has 2 N–H and O–H groups in total. The Hall–Kier alpha value is -1.58. The van der Waals surface area contributed by atoms with Gasteiger partial charge in [0, 0.05) is 18.2 Å². The van der Waals surface area contributed by atoms with Crippen LogP contribution in [-0.2, 0) is 9.59 Å². The van der Waals surface area contributed by atoms with E-state index >= 15 is 0 Å². The second-order valence-corrected chi connectivity index (χ2v) is 2.53. The summed E-state index contributed by atoms with van der Waals surface area (Å²) in [7, 11) is 0. The lowest BCUT2D eigenvalue weighted by Gasteiger charge is -1.98. The molecule has 0 saturated heterocycles. The average Bonchev–Trinajstić information content (AvgIpc) is 2.10. The van der Waals surface area contributed by atoms with E-state index in [-0.39, 0.29) is 11.5 Å². The van der Waals surface area contributed by atoms with Crippen LogP contribution in [0.5, 0.6) is 0 Å². The minimum atomic E-state index is -1.04. The average molecular weight is 183 g/mol. The second-order valence-electron chi connectivity index (χ2n) is 2.53. The van der Waals surface area contributed by atoms with Crippen LogP contribution in [0.1, 0.15) is 19.8 Å². The lowest BCUT2D eigenvalue weighted by molar-refractivity contribution is -0.132. The molecule has 0 radical (unpaired) electrons. The van der Waals surface area contributed by atoms with Crippen LogP contribution in [0.25, 0.3) is 0 Å². The maximum atomic E-state index is 10.9. The molecule has 0 aliphatic heterocycles. The van der Waals surface area contributed by atoms with Crippen LogP contribution < -0.4 is 5.32 Å². The maximum absolute atomic E-state index is 10.9. The number of carboxylic acids is 1. The summed E-state index contributed by atoms with van der Waals surface area (Å²) in [6, 6.07) is 0. The van der Waals surface area contributed by atoms with Crippen LogP contribution in [-0.4, -0.2) is 17.0 Å². The number of carbonyl (C=O) groups excluding carboxylic acids is 1. The topological polar surface area (TPSA) is 66.4 Å². The van der Waals surface area contributed by atoms with Crippen LogP contribution in [0.3, 0.4) is 0 Å². The Morgan fingerprint density at radius 1 is 1.54 bits per heavy atom. The summed E-state index contributed by atoms with van der Waals surface area (Å²) < 4.78 is 0. The number of hydrogen-bond donors (Lipinski definition) is 2. The number of aliphatic carboxylic acids is 1. The number of hydrogen-bond acceptors (Lipinski definition) is 2. The van der Waals surface area contributed by atoms with Crippen molar-refractivity contribution >= 4 is 11.9 Å². The highest BCUT2D eigenvalue weighted by molar-refractivity contribution is 5.87. The number of rotatable bonds is 5. The largest absolute Gasteiger partial charge is 0.478 e. The van der Waals surface area contributed by atoms with Gasteiger partial charge >= 0.3 is 5.97 Å². The molecule has 4 nitrogen and oxygen atoms in total. The molecular weight excluding hydrogens is 170 g/mol. The number of nitrogens with one attached hydrogen (secondary N) is 1. The minimum absolute atomic E-state index is 0.104. The van der Waals surface area contributed by atoms with E-state index in [0.29, 0.717) is 12.8 Å². The van der Waals surface area contributed by atoms with Gasteiger partial charge in [0.2, 0.25) is 5.91 Å². The number of allylic oxidation sites excluding steroid dienone is 1. The summed E-state index contributed by atoms with van der Waals surface area (Å²) >= 11 is 0. The molecule has 0 aromatic carbocycles. The molecule has 0 aliphatic carbocycles. The van der Waals surface area contributed by atoms with Crippen molar-refractivity contribution in [1.29, 1.82) is 0 Å². The van der Waals surface area contributed by atoms with Gasteiger partial charge in [-0.2, -0.15) is 0 Å². The molecule has 0 rings (SSSR count). The predicted molar refractivity (Wildman–Crippen MR) is 49.0 cm³/mol. The van der Waals surface area contributed by atoms with Crippen LogP contribution in [0.4, 0.5) is 0 Å². The lowest BCUT2D eigenvalue weighted by atomic mass is 10.3. The number of carbonyl (C=O) groups is 2. The first-order valence-electron chi connectivity index (χ1n) is 3.88. The molecule has 0 aromatic heterocycles. The standard InChI is InChI=1S/C9H13NO3/c1-3-4-5-8(11)10-6-7(2)9(12)13/h3,6H,1,4-5H2,2H3,(H,10,11)(H,12,13). The Bertz CT molecular complexity index is 243. The lowest BCUT2D eigenvalue weighted by Crippen LogP contribution is -2.17. The zero-order valence-electron chi connectivity index (χ0n) is 7.54. The fourth-order valence-corrected chi connectivity index (χ4v) is 0.556. The van der Waals surface area contributed by atoms with Gasteiger partial charge in [0.05, 0.1) is 0 Å². The molecule has 1 amide bonds. The Kier molecular flexibility index (Phi) is 5.27. The Morgan fingerprint density at radius 2 is 2.15 bits per heavy atom. The van der Waals surface area contributed by atoms with Gasteiger partial charge in [-0.25, -0.2) is 4.79 Å². The molecule has 0 saturated carbocycles. The smallest absolute Gasteiger partial charge is 0.332 e. The Labute approximate surface area is 76.9 Å². The SMILES string of the molecule is C=CCCC(=O)NC=C(C)C(=O)O. The van der Waals surface area contributed by atoms with E-state index in [1.165, 1.54) is 13.1 Å². The zero-order valence-corrected chi connectivity index (χ0v) is 7.54. The van der Waals surface area contributed by atoms with Crippen molar-refractivity contribution in [1.82, 2.24) is 5.32 Å². The van der Waals surface area contributed by atoms with E-state index in [0.717, 1.165) is 0 Å². The van der Waals surface area contributed by atoms with Crippen molar-refractivity contribution in [3.8, 4) is 0 Å². The number of amides is 1. The van der Waals surface area contributed by atoms with E-state index in [1.807, 2.05) is 0 Å². The van der Waals surface area contributed by atoms with Crippen molar-refractivity contribution < 1.29 is 14.7 Å². The fraction of sp³-hybridized carbons (Fsp3) is 0.333. The van der Waals surface area contributed by atoms with Crippen molar-refractivity contribution in [3.63, 3.8) is 0 Å². The molecule has 4 heteroatoms. The van der Waals surface area contributed by atoms with Crippen molar-refractivity contribution in [3.05, 3.63) is 24.4 Å². The van der Waals surface area contributed by atoms with E-state index in [1.54, 1.807) is 6.08 Å². The molecule has 0 fully saturated rings. The highest BCUT2D eigenvalue weighted by atomic mass is 16.4. The predicted octanol–water partition coefficient (Wildman–Crippen LogP) is 1.06. The summed E-state index contributed by atoms with van der Waals surface area (Å²) in [4.78, 5) is 21.2. The van der Waals surface area contributed by atoms with Crippen molar-refractivity contribution in [2.24, 2.45) is 0 Å². The molecule has 0 aromatic rings. The summed E-state index contributed by atoms with van der Waals surface area (Å²) in [5.74, 6) is -1.25. The first-order valence-corrected chi connectivity index (χ1v) is 3.88. The van der Waals surface area contributed by atoms with Gasteiger partial charge in [-0.1, -0.05) is 6.08 Å². The van der Waals surface area contributed by atoms with Crippen LogP contribution >= 0.6 is 0 Å². The number of carboxylic acid groups (broad SMARTS) is 1. The molecule has 13 heavy (non-hydrogen) atoms. The van der Waals surface area contributed by atoms with Crippen molar-refractivity contribution in [2.75, 3.05) is 0 Å². The molecule has 0 heterocycles. The molecular formula is C9H13NO3. The van der Waals surface area contributed by atoms with Gasteiger partial charge in [-0.15, -0.1) is 6.58 Å². The quantitative estimate of drug-likeness (QED) is 0.494. The van der Waals surface area contributed by atoms with E-state index < -0.39 is 5.97 Å². The molecule has 0 spiro atoms. The maximum Gasteiger partial charge on any atom is 0.332 e. The highest BCUT2D eigenvalue weighted by Crippen LogP contribution is 1.92. The third kappa shape index (κ3) is 5.66. The van der Waals surface area contributed by atoms with Gasteiger partial charge in [0.25, 0.3) is 0 Å². The summed E-state index contributed by atoms with van der Waals surface area (Å²) in [6.45, 7) is 4.88. The molecule has 0 bridgehead atoms. The summed E-state index contributed by atoms with van der Waals surface area (Å²) in [6.07, 6.45) is 3.74. The van der Waals surface area contributed by atoms with Crippen LogP contribution in [0, 0.1) is 0 Å². The van der Waals surface area contributed by atoms with Gasteiger partial charge in [-0.3, -0.25) is 4.79 Å². The fourth-order valence-electron chi connectivity index (χ4n) is 0.556. The van der Waals surface area contributed by atoms with Gasteiger partial charge < -0.3 is 10.4 Å². The van der Waals surface area contributed by atoms with E-state index in [2.05, 4.69) is 11.9 Å². The van der Waals surface area contributed by atoms with Crippen LogP contribution in [0.2, 0.25) is 0 Å².